The first-order valence-corrected chi connectivity index (χ1v) is 7.14. The van der Waals surface area contributed by atoms with Crippen molar-refractivity contribution in [3.05, 3.63) is 72.4 Å². The van der Waals surface area contributed by atoms with Gasteiger partial charge in [-0.2, -0.15) is 13.2 Å². The van der Waals surface area contributed by atoms with Gasteiger partial charge in [0.15, 0.2) is 0 Å². The second-order valence-electron chi connectivity index (χ2n) is 4.86. The van der Waals surface area contributed by atoms with E-state index in [1.807, 2.05) is 13.0 Å². The fourth-order valence-corrected chi connectivity index (χ4v) is 2.16. The van der Waals surface area contributed by atoms with Crippen molar-refractivity contribution in [3.8, 4) is 0 Å². The molecule has 2 rings (SSSR count). The van der Waals surface area contributed by atoms with E-state index in [1.165, 1.54) is 18.3 Å². The molecule has 0 saturated carbocycles. The van der Waals surface area contributed by atoms with Crippen LogP contribution in [0, 0.1) is 0 Å². The summed E-state index contributed by atoms with van der Waals surface area (Å²) in [6, 6.07) is 16.8. The highest BCUT2D eigenvalue weighted by molar-refractivity contribution is 6.23. The van der Waals surface area contributed by atoms with Gasteiger partial charge in [-0.3, -0.25) is 4.79 Å². The molecule has 0 heterocycles. The molecule has 2 aromatic carbocycles. The Balaban J connectivity index is 2.50. The van der Waals surface area contributed by atoms with E-state index in [1.54, 1.807) is 47.4 Å². The molecule has 23 heavy (non-hydrogen) atoms. The van der Waals surface area contributed by atoms with Gasteiger partial charge in [0.1, 0.15) is 0 Å². The minimum Gasteiger partial charge on any atom is -0.348 e. The number of alkyl halides is 3. The van der Waals surface area contributed by atoms with Crippen molar-refractivity contribution in [2.24, 2.45) is 0 Å². The molecule has 0 saturated heterocycles. The molecule has 120 valence electrons. The molecule has 0 bridgehead atoms. The van der Waals surface area contributed by atoms with Crippen molar-refractivity contribution in [3.63, 3.8) is 0 Å². The largest absolute Gasteiger partial charge is 0.454 e. The van der Waals surface area contributed by atoms with Crippen LogP contribution in [0.15, 0.2) is 66.9 Å². The number of allylic oxidation sites excluding steroid dienone is 1. The van der Waals surface area contributed by atoms with Crippen molar-refractivity contribution in [1.82, 2.24) is 0 Å². The third-order valence-corrected chi connectivity index (χ3v) is 3.30. The molecule has 0 aliphatic carbocycles. The summed E-state index contributed by atoms with van der Waals surface area (Å²) in [5, 5.41) is 0. The number of hydrogen-bond acceptors (Lipinski definition) is 2. The number of benzene rings is 2. The summed E-state index contributed by atoms with van der Waals surface area (Å²) in [5.74, 6) is -1.85. The van der Waals surface area contributed by atoms with E-state index in [2.05, 4.69) is 0 Å². The van der Waals surface area contributed by atoms with Crippen LogP contribution < -0.4 is 4.90 Å². The SMILES string of the molecule is CCN(/C=C(/C(=O)C(F)(F)F)c1ccccc1)c1ccccc1. The second kappa shape index (κ2) is 7.13. The lowest BCUT2D eigenvalue weighted by atomic mass is 10.0. The first-order chi connectivity index (χ1) is 10.9. The predicted molar refractivity (Wildman–Crippen MR) is 84.9 cm³/mol. The number of carbonyl (C=O) groups is 1. The number of carbonyl (C=O) groups excluding carboxylic acids is 1. The summed E-state index contributed by atoms with van der Waals surface area (Å²) in [5.41, 5.74) is 0.589. The Morgan fingerprint density at radius 1 is 1.00 bits per heavy atom. The summed E-state index contributed by atoms with van der Waals surface area (Å²) >= 11 is 0. The summed E-state index contributed by atoms with van der Waals surface area (Å²) in [7, 11) is 0. The van der Waals surface area contributed by atoms with Gasteiger partial charge in [0.2, 0.25) is 0 Å². The van der Waals surface area contributed by atoms with Gasteiger partial charge in [-0.1, -0.05) is 48.5 Å². The van der Waals surface area contributed by atoms with Crippen molar-refractivity contribution in [2.75, 3.05) is 11.4 Å². The molecule has 0 amide bonds. The normalized spacial score (nSPS) is 12.1. The van der Waals surface area contributed by atoms with Gasteiger partial charge in [0.05, 0.1) is 5.57 Å². The summed E-state index contributed by atoms with van der Waals surface area (Å²) in [4.78, 5) is 13.4. The standard InChI is InChI=1S/C18H16F3NO/c1-2-22(15-11-7-4-8-12-15)13-16(17(23)18(19,20)21)14-9-5-3-6-10-14/h3-13H,2H2,1H3/b16-13+. The smallest absolute Gasteiger partial charge is 0.348 e. The molecule has 0 fully saturated rings. The number of ketones is 1. The number of nitrogens with zero attached hydrogens (tertiary/aromatic N) is 1. The molecule has 0 spiro atoms. The third kappa shape index (κ3) is 4.22. The van der Waals surface area contributed by atoms with Gasteiger partial charge in [-0.05, 0) is 24.6 Å². The van der Waals surface area contributed by atoms with E-state index in [0.29, 0.717) is 6.54 Å². The lowest BCUT2D eigenvalue weighted by Gasteiger charge is -2.21. The van der Waals surface area contributed by atoms with Crippen molar-refractivity contribution in [1.29, 1.82) is 0 Å². The van der Waals surface area contributed by atoms with Gasteiger partial charge in [-0.15, -0.1) is 0 Å². The molecule has 0 N–H and O–H groups in total. The van der Waals surface area contributed by atoms with Crippen LogP contribution >= 0.6 is 0 Å². The average Bonchev–Trinajstić information content (AvgIpc) is 2.56. The topological polar surface area (TPSA) is 20.3 Å². The summed E-state index contributed by atoms with van der Waals surface area (Å²) in [6.07, 6.45) is -3.65. The Bertz CT molecular complexity index is 678. The van der Waals surface area contributed by atoms with Gasteiger partial charge in [0.25, 0.3) is 5.78 Å². The molecular formula is C18H16F3NO. The molecular weight excluding hydrogens is 303 g/mol. The Morgan fingerprint density at radius 2 is 1.52 bits per heavy atom. The quantitative estimate of drug-likeness (QED) is 0.746. The highest BCUT2D eigenvalue weighted by Gasteiger charge is 2.41. The second-order valence-corrected chi connectivity index (χ2v) is 4.86. The monoisotopic (exact) mass is 319 g/mol. The average molecular weight is 319 g/mol. The molecule has 5 heteroatoms. The molecule has 0 aliphatic rings. The highest BCUT2D eigenvalue weighted by atomic mass is 19.4. The van der Waals surface area contributed by atoms with Crippen LogP contribution in [0.2, 0.25) is 0 Å². The van der Waals surface area contributed by atoms with Gasteiger partial charge < -0.3 is 4.90 Å². The number of Topliss-reactive ketones (excluding diaryl/α,β-unsaturated/α-hetero) is 1. The lowest BCUT2D eigenvalue weighted by Crippen LogP contribution is -2.26. The molecule has 0 unspecified atom stereocenters. The minimum atomic E-state index is -4.92. The summed E-state index contributed by atoms with van der Waals surface area (Å²) < 4.78 is 38.8. The van der Waals surface area contributed by atoms with Crippen LogP contribution in [0.1, 0.15) is 12.5 Å². The number of hydrogen-bond donors (Lipinski definition) is 0. The van der Waals surface area contributed by atoms with Crippen LogP contribution in [0.25, 0.3) is 5.57 Å². The van der Waals surface area contributed by atoms with Crippen LogP contribution in [0.5, 0.6) is 0 Å². The van der Waals surface area contributed by atoms with Crippen LogP contribution in [0.3, 0.4) is 0 Å². The van der Waals surface area contributed by atoms with Gasteiger partial charge in [0, 0.05) is 18.4 Å². The third-order valence-electron chi connectivity index (χ3n) is 3.30. The summed E-state index contributed by atoms with van der Waals surface area (Å²) in [6.45, 7) is 2.25. The van der Waals surface area contributed by atoms with Crippen LogP contribution in [-0.4, -0.2) is 18.5 Å². The van der Waals surface area contributed by atoms with E-state index in [0.717, 1.165) is 5.69 Å². The van der Waals surface area contributed by atoms with Crippen LogP contribution in [-0.2, 0) is 4.79 Å². The van der Waals surface area contributed by atoms with Crippen molar-refractivity contribution >= 4 is 17.0 Å². The van der Waals surface area contributed by atoms with E-state index in [9.17, 15) is 18.0 Å². The van der Waals surface area contributed by atoms with E-state index >= 15 is 0 Å². The Labute approximate surface area is 132 Å². The number of para-hydroxylation sites is 1. The van der Waals surface area contributed by atoms with Gasteiger partial charge >= 0.3 is 6.18 Å². The van der Waals surface area contributed by atoms with Crippen molar-refractivity contribution in [2.45, 2.75) is 13.1 Å². The zero-order chi connectivity index (χ0) is 16.9. The molecule has 0 radical (unpaired) electrons. The Morgan fingerprint density at radius 3 is 2.00 bits per heavy atom. The molecule has 0 aliphatic heterocycles. The number of halogens is 3. The number of anilines is 1. The van der Waals surface area contributed by atoms with Crippen molar-refractivity contribution < 1.29 is 18.0 Å². The first kappa shape index (κ1) is 16.8. The molecule has 0 atom stereocenters. The van der Waals surface area contributed by atoms with E-state index in [-0.39, 0.29) is 11.1 Å². The number of rotatable bonds is 5. The maximum atomic E-state index is 12.9. The first-order valence-electron chi connectivity index (χ1n) is 7.14. The fraction of sp³-hybridized carbons (Fsp3) is 0.167. The molecule has 2 nitrogen and oxygen atoms in total. The maximum absolute atomic E-state index is 12.9. The minimum absolute atomic E-state index is 0.240. The maximum Gasteiger partial charge on any atom is 0.454 e. The van der Waals surface area contributed by atoms with E-state index < -0.39 is 12.0 Å². The lowest BCUT2D eigenvalue weighted by molar-refractivity contribution is -0.164. The Kier molecular flexibility index (Phi) is 5.21. The zero-order valence-electron chi connectivity index (χ0n) is 12.5. The predicted octanol–water partition coefficient (Wildman–Crippen LogP) is 4.69. The molecule has 0 aromatic heterocycles. The fourth-order valence-electron chi connectivity index (χ4n) is 2.16. The van der Waals surface area contributed by atoms with E-state index in [4.69, 9.17) is 0 Å². The molecule has 2 aromatic rings. The highest BCUT2D eigenvalue weighted by Crippen LogP contribution is 2.28. The van der Waals surface area contributed by atoms with Gasteiger partial charge in [-0.25, -0.2) is 0 Å². The van der Waals surface area contributed by atoms with Crippen LogP contribution in [0.4, 0.5) is 18.9 Å². The Hall–Kier alpha value is -2.56. The zero-order valence-corrected chi connectivity index (χ0v) is 12.5.